The summed E-state index contributed by atoms with van der Waals surface area (Å²) in [6, 6.07) is 11.0. The lowest BCUT2D eigenvalue weighted by Gasteiger charge is -2.29. The molecule has 6 nitrogen and oxygen atoms in total. The molecule has 2 N–H and O–H groups in total. The molecule has 0 saturated heterocycles. The lowest BCUT2D eigenvalue weighted by atomic mass is 9.97. The molecular weight excluding hydrogens is 467 g/mol. The van der Waals surface area contributed by atoms with Gasteiger partial charge in [-0.2, -0.15) is 13.2 Å². The minimum atomic E-state index is -4.95. The largest absolute Gasteiger partial charge is 0.484 e. The van der Waals surface area contributed by atoms with Crippen LogP contribution in [0.4, 0.5) is 13.2 Å². The van der Waals surface area contributed by atoms with Crippen LogP contribution in [0.3, 0.4) is 0 Å². The van der Waals surface area contributed by atoms with Crippen molar-refractivity contribution in [3.8, 4) is 5.75 Å². The Morgan fingerprint density at radius 1 is 1.23 bits per heavy atom. The first-order valence-electron chi connectivity index (χ1n) is 8.96. The van der Waals surface area contributed by atoms with Crippen LogP contribution in [0.5, 0.6) is 5.75 Å². The molecule has 0 bridgehead atoms. The molecular formula is C20H19BrF3N3O3. The number of alkyl halides is 3. The standard InChI is InChI=1S/C20H19BrF3N3O3/c1-27-9-8-26-18(27)19(29,20(22,23)24)6-7-25-17(28)12-30-16-5-3-13-10-15(21)4-2-14(13)11-16/h2-5,8-11,29H,6-7,12H2,1H3,(H,25,28). The fourth-order valence-electron chi connectivity index (χ4n) is 3.01. The Morgan fingerprint density at radius 3 is 2.60 bits per heavy atom. The van der Waals surface area contributed by atoms with E-state index < -0.39 is 36.5 Å². The summed E-state index contributed by atoms with van der Waals surface area (Å²) in [5, 5.41) is 14.5. The predicted octanol–water partition coefficient (Wildman–Crippen LogP) is 3.67. The van der Waals surface area contributed by atoms with Gasteiger partial charge in [-0.15, -0.1) is 0 Å². The monoisotopic (exact) mass is 485 g/mol. The van der Waals surface area contributed by atoms with Gasteiger partial charge in [0.25, 0.3) is 5.91 Å². The van der Waals surface area contributed by atoms with Crippen molar-refractivity contribution in [2.75, 3.05) is 13.2 Å². The van der Waals surface area contributed by atoms with E-state index in [1.165, 1.54) is 19.4 Å². The van der Waals surface area contributed by atoms with E-state index in [2.05, 4.69) is 26.2 Å². The lowest BCUT2D eigenvalue weighted by Crippen LogP contribution is -2.47. The summed E-state index contributed by atoms with van der Waals surface area (Å²) in [5.41, 5.74) is -3.17. The van der Waals surface area contributed by atoms with Gasteiger partial charge < -0.3 is 19.7 Å². The van der Waals surface area contributed by atoms with E-state index in [-0.39, 0.29) is 6.61 Å². The summed E-state index contributed by atoms with van der Waals surface area (Å²) >= 11 is 3.39. The number of carbonyl (C=O) groups excluding carboxylic acids is 1. The van der Waals surface area contributed by atoms with Crippen LogP contribution in [0, 0.1) is 0 Å². The number of imidazole rings is 1. The van der Waals surface area contributed by atoms with Gasteiger partial charge in [-0.25, -0.2) is 4.98 Å². The van der Waals surface area contributed by atoms with E-state index in [1.807, 2.05) is 24.3 Å². The number of nitrogens with zero attached hydrogens (tertiary/aromatic N) is 2. The van der Waals surface area contributed by atoms with Crippen LogP contribution in [0.15, 0.2) is 53.3 Å². The fourth-order valence-corrected chi connectivity index (χ4v) is 3.39. The Hall–Kier alpha value is -2.59. The van der Waals surface area contributed by atoms with Crippen LogP contribution < -0.4 is 10.1 Å². The van der Waals surface area contributed by atoms with Crippen molar-refractivity contribution in [1.82, 2.24) is 14.9 Å². The van der Waals surface area contributed by atoms with Crippen molar-refractivity contribution >= 4 is 32.6 Å². The molecule has 1 heterocycles. The maximum atomic E-state index is 13.5. The van der Waals surface area contributed by atoms with Crippen LogP contribution in [-0.2, 0) is 17.4 Å². The van der Waals surface area contributed by atoms with Gasteiger partial charge in [-0.3, -0.25) is 4.79 Å². The zero-order valence-electron chi connectivity index (χ0n) is 15.9. The van der Waals surface area contributed by atoms with Crippen LogP contribution in [0.1, 0.15) is 12.2 Å². The zero-order chi connectivity index (χ0) is 21.9. The summed E-state index contributed by atoms with van der Waals surface area (Å²) in [4.78, 5) is 15.6. The zero-order valence-corrected chi connectivity index (χ0v) is 17.5. The summed E-state index contributed by atoms with van der Waals surface area (Å²) in [6.45, 7) is -0.772. The van der Waals surface area contributed by atoms with E-state index in [0.29, 0.717) is 5.75 Å². The van der Waals surface area contributed by atoms with Crippen molar-refractivity contribution < 1.29 is 27.8 Å². The number of benzene rings is 2. The average molecular weight is 486 g/mol. The molecule has 0 aliphatic rings. The number of halogens is 4. The molecule has 0 aliphatic carbocycles. The quantitative estimate of drug-likeness (QED) is 0.535. The molecule has 2 aromatic carbocycles. The van der Waals surface area contributed by atoms with Crippen molar-refractivity contribution in [2.24, 2.45) is 7.05 Å². The number of rotatable bonds is 7. The molecule has 0 fully saturated rings. The number of carbonyl (C=O) groups is 1. The minimum Gasteiger partial charge on any atom is -0.484 e. The molecule has 0 radical (unpaired) electrons. The van der Waals surface area contributed by atoms with Crippen molar-refractivity contribution in [3.63, 3.8) is 0 Å². The summed E-state index contributed by atoms with van der Waals surface area (Å²) in [7, 11) is 1.35. The van der Waals surface area contributed by atoms with Gasteiger partial charge in [-0.1, -0.05) is 28.1 Å². The first-order chi connectivity index (χ1) is 14.1. The smallest absolute Gasteiger partial charge is 0.424 e. The molecule has 3 rings (SSSR count). The van der Waals surface area contributed by atoms with Crippen molar-refractivity contribution in [1.29, 1.82) is 0 Å². The Bertz CT molecular complexity index is 1050. The molecule has 0 saturated carbocycles. The third-order valence-corrected chi connectivity index (χ3v) is 5.11. The highest BCUT2D eigenvalue weighted by atomic mass is 79.9. The number of nitrogens with one attached hydrogen (secondary N) is 1. The number of hydrogen-bond acceptors (Lipinski definition) is 4. The highest BCUT2D eigenvalue weighted by Crippen LogP contribution is 2.40. The van der Waals surface area contributed by atoms with Gasteiger partial charge in [-0.05, 0) is 35.0 Å². The van der Waals surface area contributed by atoms with Gasteiger partial charge in [0.15, 0.2) is 6.61 Å². The Morgan fingerprint density at radius 2 is 1.93 bits per heavy atom. The molecule has 0 spiro atoms. The highest BCUT2D eigenvalue weighted by molar-refractivity contribution is 9.10. The normalized spacial score (nSPS) is 13.8. The third kappa shape index (κ3) is 4.76. The number of amides is 1. The number of aliphatic hydroxyl groups is 1. The SMILES string of the molecule is Cn1ccnc1C(O)(CCNC(=O)COc1ccc2cc(Br)ccc2c1)C(F)(F)F. The molecule has 1 unspecified atom stereocenters. The summed E-state index contributed by atoms with van der Waals surface area (Å²) in [5.74, 6) is -0.682. The second kappa shape index (κ2) is 8.65. The summed E-state index contributed by atoms with van der Waals surface area (Å²) in [6.07, 6.45) is -3.26. The van der Waals surface area contributed by atoms with Gasteiger partial charge >= 0.3 is 6.18 Å². The first kappa shape index (κ1) is 22.1. The van der Waals surface area contributed by atoms with E-state index in [9.17, 15) is 23.1 Å². The van der Waals surface area contributed by atoms with E-state index in [0.717, 1.165) is 19.8 Å². The van der Waals surface area contributed by atoms with Gasteiger partial charge in [0.2, 0.25) is 5.60 Å². The number of hydrogen-bond donors (Lipinski definition) is 2. The highest BCUT2D eigenvalue weighted by Gasteiger charge is 2.57. The number of aromatic nitrogens is 2. The maximum absolute atomic E-state index is 13.5. The van der Waals surface area contributed by atoms with E-state index >= 15 is 0 Å². The summed E-state index contributed by atoms with van der Waals surface area (Å²) < 4.78 is 47.8. The molecule has 160 valence electrons. The second-order valence-corrected chi connectivity index (χ2v) is 7.68. The van der Waals surface area contributed by atoms with Crippen molar-refractivity contribution in [3.05, 3.63) is 59.1 Å². The van der Waals surface area contributed by atoms with Gasteiger partial charge in [0.05, 0.1) is 0 Å². The second-order valence-electron chi connectivity index (χ2n) is 6.76. The van der Waals surface area contributed by atoms with E-state index in [4.69, 9.17) is 4.74 Å². The van der Waals surface area contributed by atoms with Crippen LogP contribution >= 0.6 is 15.9 Å². The van der Waals surface area contributed by atoms with Crippen LogP contribution in [0.25, 0.3) is 10.8 Å². The van der Waals surface area contributed by atoms with E-state index in [1.54, 1.807) is 12.1 Å². The minimum absolute atomic E-state index is 0.366. The van der Waals surface area contributed by atoms with Crippen molar-refractivity contribution in [2.45, 2.75) is 18.2 Å². The van der Waals surface area contributed by atoms with Crippen LogP contribution in [-0.4, -0.2) is 39.9 Å². The number of fused-ring (bicyclic) bond motifs is 1. The molecule has 1 amide bonds. The molecule has 1 atom stereocenters. The lowest BCUT2D eigenvalue weighted by molar-refractivity contribution is -0.272. The van der Waals surface area contributed by atoms with Gasteiger partial charge in [0, 0.05) is 36.9 Å². The topological polar surface area (TPSA) is 76.4 Å². The van der Waals surface area contributed by atoms with Gasteiger partial charge in [0.1, 0.15) is 11.6 Å². The average Bonchev–Trinajstić information content (AvgIpc) is 3.11. The fraction of sp³-hybridized carbons (Fsp3) is 0.300. The third-order valence-electron chi connectivity index (χ3n) is 4.61. The van der Waals surface area contributed by atoms with Crippen LogP contribution in [0.2, 0.25) is 0 Å². The Balaban J connectivity index is 1.56. The Kier molecular flexibility index (Phi) is 6.37. The number of ether oxygens (including phenoxy) is 1. The predicted molar refractivity (Wildman–Crippen MR) is 108 cm³/mol. The molecule has 0 aliphatic heterocycles. The number of aryl methyl sites for hydroxylation is 1. The molecule has 30 heavy (non-hydrogen) atoms. The maximum Gasteiger partial charge on any atom is 0.424 e. The molecule has 3 aromatic rings. The first-order valence-corrected chi connectivity index (χ1v) is 9.75. The molecule has 1 aromatic heterocycles. The Labute approximate surface area is 178 Å². The molecule has 10 heteroatoms.